The summed E-state index contributed by atoms with van der Waals surface area (Å²) in [6.45, 7) is 4.77. The van der Waals surface area contributed by atoms with E-state index in [1.54, 1.807) is 0 Å². The summed E-state index contributed by atoms with van der Waals surface area (Å²) in [5.74, 6) is 0.630. The third-order valence-corrected chi connectivity index (χ3v) is 3.75. The van der Waals surface area contributed by atoms with Crippen molar-refractivity contribution in [2.45, 2.75) is 24.0 Å². The van der Waals surface area contributed by atoms with Gasteiger partial charge in [0.05, 0.1) is 5.52 Å². The maximum Gasteiger partial charge on any atom is 0.224 e. The average molecular weight is 297 g/mol. The Kier molecular flexibility index (Phi) is 3.96. The molecule has 0 radical (unpaired) electrons. The zero-order chi connectivity index (χ0) is 14.7. The molecule has 6 heteroatoms. The minimum atomic E-state index is 0.630. The van der Waals surface area contributed by atoms with Crippen LogP contribution in [0.5, 0.6) is 0 Å². The quantitative estimate of drug-likeness (QED) is 0.589. The number of aryl methyl sites for hydroxylation is 1. The summed E-state index contributed by atoms with van der Waals surface area (Å²) in [6, 6.07) is 7.96. The highest BCUT2D eigenvalue weighted by Gasteiger charge is 2.10. The van der Waals surface area contributed by atoms with Crippen molar-refractivity contribution in [3.05, 3.63) is 42.2 Å². The highest BCUT2D eigenvalue weighted by atomic mass is 32.2. The van der Waals surface area contributed by atoms with Crippen LogP contribution in [0, 0.1) is 6.92 Å². The second-order valence-corrected chi connectivity index (χ2v) is 5.50. The van der Waals surface area contributed by atoms with E-state index in [4.69, 9.17) is 0 Å². The predicted molar refractivity (Wildman–Crippen MR) is 84.6 cm³/mol. The molecule has 0 bridgehead atoms. The van der Waals surface area contributed by atoms with Gasteiger partial charge in [0.1, 0.15) is 5.03 Å². The molecule has 0 fully saturated rings. The monoisotopic (exact) mass is 297 g/mol. The second kappa shape index (κ2) is 6.05. The van der Waals surface area contributed by atoms with Crippen molar-refractivity contribution in [3.8, 4) is 0 Å². The van der Waals surface area contributed by atoms with Gasteiger partial charge in [0.2, 0.25) is 5.95 Å². The molecular formula is C15H15N5S. The molecule has 1 aromatic carbocycles. The molecule has 0 atom stereocenters. The number of hydrogen-bond donors (Lipinski definition) is 1. The first-order valence-corrected chi connectivity index (χ1v) is 7.55. The van der Waals surface area contributed by atoms with Crippen LogP contribution in [0.4, 0.5) is 5.95 Å². The number of nitrogens with one attached hydrogen (secondary N) is 1. The van der Waals surface area contributed by atoms with E-state index >= 15 is 0 Å². The third kappa shape index (κ3) is 3.11. The van der Waals surface area contributed by atoms with Crippen molar-refractivity contribution in [1.82, 2.24) is 19.9 Å². The number of fused-ring (bicyclic) bond motifs is 1. The first-order valence-electron chi connectivity index (χ1n) is 6.73. The Hall–Kier alpha value is -2.21. The first kappa shape index (κ1) is 13.8. The molecule has 1 N–H and O–H groups in total. The Morgan fingerprint density at radius 2 is 1.86 bits per heavy atom. The van der Waals surface area contributed by atoms with E-state index in [0.717, 1.165) is 28.0 Å². The van der Waals surface area contributed by atoms with E-state index in [9.17, 15) is 0 Å². The zero-order valence-electron chi connectivity index (χ0n) is 11.9. The standard InChI is InChI=1S/C15H15N5S/c1-3-16-14-19-12-7-5-4-6-11(12)13(20-14)21-15-17-8-10(2)9-18-15/h4-9H,3H2,1-2H3,(H,16,19,20). The molecule has 0 saturated heterocycles. The Morgan fingerprint density at radius 1 is 1.10 bits per heavy atom. The average Bonchev–Trinajstić information content (AvgIpc) is 2.50. The van der Waals surface area contributed by atoms with Crippen molar-refractivity contribution in [1.29, 1.82) is 0 Å². The summed E-state index contributed by atoms with van der Waals surface area (Å²) in [6.07, 6.45) is 3.62. The summed E-state index contributed by atoms with van der Waals surface area (Å²) in [5, 5.41) is 5.71. The van der Waals surface area contributed by atoms with Crippen LogP contribution in [0.15, 0.2) is 46.8 Å². The van der Waals surface area contributed by atoms with Gasteiger partial charge in [-0.15, -0.1) is 0 Å². The van der Waals surface area contributed by atoms with Gasteiger partial charge in [-0.1, -0.05) is 18.2 Å². The zero-order valence-corrected chi connectivity index (χ0v) is 12.7. The number of para-hydroxylation sites is 1. The van der Waals surface area contributed by atoms with Crippen LogP contribution >= 0.6 is 11.8 Å². The molecule has 0 amide bonds. The number of aromatic nitrogens is 4. The van der Waals surface area contributed by atoms with Crippen LogP contribution in [0.3, 0.4) is 0 Å². The first-order chi connectivity index (χ1) is 10.3. The van der Waals surface area contributed by atoms with Crippen molar-refractivity contribution in [2.24, 2.45) is 0 Å². The van der Waals surface area contributed by atoms with Crippen LogP contribution in [-0.2, 0) is 0 Å². The predicted octanol–water partition coefficient (Wildman–Crippen LogP) is 3.31. The fraction of sp³-hybridized carbons (Fsp3) is 0.200. The third-order valence-electron chi connectivity index (χ3n) is 2.85. The van der Waals surface area contributed by atoms with Gasteiger partial charge in [0.25, 0.3) is 0 Å². The molecule has 106 valence electrons. The Labute approximate surface area is 127 Å². The molecular weight excluding hydrogens is 282 g/mol. The molecule has 0 spiro atoms. The van der Waals surface area contributed by atoms with Crippen molar-refractivity contribution in [2.75, 3.05) is 11.9 Å². The van der Waals surface area contributed by atoms with Crippen LogP contribution < -0.4 is 5.32 Å². The van der Waals surface area contributed by atoms with Gasteiger partial charge in [-0.25, -0.2) is 19.9 Å². The fourth-order valence-electron chi connectivity index (χ4n) is 1.88. The van der Waals surface area contributed by atoms with Gasteiger partial charge < -0.3 is 5.32 Å². The molecule has 2 aromatic heterocycles. The largest absolute Gasteiger partial charge is 0.354 e. The number of nitrogens with zero attached hydrogens (tertiary/aromatic N) is 4. The van der Waals surface area contributed by atoms with Crippen LogP contribution in [0.1, 0.15) is 12.5 Å². The summed E-state index contributed by atoms with van der Waals surface area (Å²) >= 11 is 1.45. The molecule has 0 unspecified atom stereocenters. The van der Waals surface area contributed by atoms with E-state index in [1.165, 1.54) is 11.8 Å². The highest BCUT2D eigenvalue weighted by molar-refractivity contribution is 7.99. The van der Waals surface area contributed by atoms with Crippen molar-refractivity contribution >= 4 is 28.6 Å². The van der Waals surface area contributed by atoms with Gasteiger partial charge in [-0.05, 0) is 37.2 Å². The molecule has 0 aliphatic rings. The van der Waals surface area contributed by atoms with E-state index in [2.05, 4.69) is 25.3 Å². The highest BCUT2D eigenvalue weighted by Crippen LogP contribution is 2.30. The minimum absolute atomic E-state index is 0.630. The maximum atomic E-state index is 4.57. The van der Waals surface area contributed by atoms with Gasteiger partial charge in [-0.2, -0.15) is 0 Å². The molecule has 2 heterocycles. The molecule has 3 aromatic rings. The lowest BCUT2D eigenvalue weighted by Crippen LogP contribution is -2.03. The fourth-order valence-corrected chi connectivity index (χ4v) is 2.68. The number of anilines is 1. The van der Waals surface area contributed by atoms with Crippen molar-refractivity contribution < 1.29 is 0 Å². The summed E-state index contributed by atoms with van der Waals surface area (Å²) in [7, 11) is 0. The smallest absolute Gasteiger partial charge is 0.224 e. The number of rotatable bonds is 4. The second-order valence-electron chi connectivity index (χ2n) is 4.54. The molecule has 0 aliphatic heterocycles. The molecule has 0 saturated carbocycles. The van der Waals surface area contributed by atoms with E-state index in [0.29, 0.717) is 11.1 Å². The lowest BCUT2D eigenvalue weighted by molar-refractivity contribution is 0.944. The van der Waals surface area contributed by atoms with Crippen LogP contribution in [0.25, 0.3) is 10.9 Å². The lowest BCUT2D eigenvalue weighted by atomic mass is 10.2. The Morgan fingerprint density at radius 3 is 2.62 bits per heavy atom. The number of benzene rings is 1. The molecule has 5 nitrogen and oxygen atoms in total. The van der Waals surface area contributed by atoms with Crippen LogP contribution in [0.2, 0.25) is 0 Å². The lowest BCUT2D eigenvalue weighted by Gasteiger charge is -2.08. The van der Waals surface area contributed by atoms with E-state index in [-0.39, 0.29) is 0 Å². The Balaban J connectivity index is 2.04. The normalized spacial score (nSPS) is 10.8. The van der Waals surface area contributed by atoms with Crippen molar-refractivity contribution in [3.63, 3.8) is 0 Å². The maximum absolute atomic E-state index is 4.57. The molecule has 3 rings (SSSR count). The minimum Gasteiger partial charge on any atom is -0.354 e. The SMILES string of the molecule is CCNc1nc(Sc2ncc(C)cn2)c2ccccc2n1. The van der Waals surface area contributed by atoms with E-state index in [1.807, 2.05) is 50.5 Å². The summed E-state index contributed by atoms with van der Waals surface area (Å²) < 4.78 is 0. The summed E-state index contributed by atoms with van der Waals surface area (Å²) in [5.41, 5.74) is 1.96. The van der Waals surface area contributed by atoms with Gasteiger partial charge >= 0.3 is 0 Å². The number of hydrogen-bond acceptors (Lipinski definition) is 6. The topological polar surface area (TPSA) is 63.6 Å². The molecule has 0 aliphatic carbocycles. The van der Waals surface area contributed by atoms with Crippen LogP contribution in [-0.4, -0.2) is 26.5 Å². The van der Waals surface area contributed by atoms with Gasteiger partial charge in [-0.3, -0.25) is 0 Å². The van der Waals surface area contributed by atoms with Gasteiger partial charge in [0, 0.05) is 24.3 Å². The summed E-state index contributed by atoms with van der Waals surface area (Å²) in [4.78, 5) is 17.7. The van der Waals surface area contributed by atoms with Gasteiger partial charge in [0.15, 0.2) is 5.16 Å². The van der Waals surface area contributed by atoms with E-state index < -0.39 is 0 Å². The Bertz CT molecular complexity index is 758. The molecule has 21 heavy (non-hydrogen) atoms.